The van der Waals surface area contributed by atoms with Gasteiger partial charge >= 0.3 is 0 Å². The van der Waals surface area contributed by atoms with E-state index in [1.807, 2.05) is 31.2 Å². The summed E-state index contributed by atoms with van der Waals surface area (Å²) < 4.78 is 19.3. The molecule has 0 radical (unpaired) electrons. The van der Waals surface area contributed by atoms with Crippen molar-refractivity contribution in [2.45, 2.75) is 19.4 Å². The van der Waals surface area contributed by atoms with Crippen LogP contribution in [-0.2, 0) is 6.42 Å². The molecule has 2 N–H and O–H groups in total. The van der Waals surface area contributed by atoms with Crippen molar-refractivity contribution in [1.29, 1.82) is 0 Å². The van der Waals surface area contributed by atoms with Gasteiger partial charge in [0.25, 0.3) is 0 Å². The van der Waals surface area contributed by atoms with Crippen molar-refractivity contribution >= 4 is 15.9 Å². The third kappa shape index (κ3) is 3.78. The first-order valence-electron chi connectivity index (χ1n) is 6.02. The molecule has 0 aliphatic heterocycles. The van der Waals surface area contributed by atoms with Crippen molar-refractivity contribution in [2.75, 3.05) is 0 Å². The van der Waals surface area contributed by atoms with Gasteiger partial charge in [-0.2, -0.15) is 0 Å². The largest absolute Gasteiger partial charge is 0.457 e. The average Bonchev–Trinajstić information content (AvgIpc) is 2.36. The Bertz CT molecular complexity index is 572. The molecular weight excluding hydrogens is 309 g/mol. The summed E-state index contributed by atoms with van der Waals surface area (Å²) in [4.78, 5) is 0. The number of hydrogen-bond acceptors (Lipinski definition) is 2. The molecule has 0 spiro atoms. The summed E-state index contributed by atoms with van der Waals surface area (Å²) in [6.07, 6.45) is 0.735. The van der Waals surface area contributed by atoms with Crippen LogP contribution in [0.1, 0.15) is 12.5 Å². The molecule has 1 atom stereocenters. The Morgan fingerprint density at radius 3 is 2.68 bits per heavy atom. The standard InChI is InChI=1S/C15H15BrFNO/c1-10(18)8-11-4-2-3-5-15(11)19-12-6-7-14(17)13(16)9-12/h2-7,9-10H,8,18H2,1H3. The van der Waals surface area contributed by atoms with Crippen LogP contribution in [0.15, 0.2) is 46.9 Å². The maximum Gasteiger partial charge on any atom is 0.137 e. The first-order valence-corrected chi connectivity index (χ1v) is 6.82. The molecular formula is C15H15BrFNO. The lowest BCUT2D eigenvalue weighted by Crippen LogP contribution is -2.18. The Morgan fingerprint density at radius 2 is 2.00 bits per heavy atom. The third-order valence-electron chi connectivity index (χ3n) is 2.63. The Balaban J connectivity index is 2.25. The van der Waals surface area contributed by atoms with E-state index >= 15 is 0 Å². The van der Waals surface area contributed by atoms with Crippen molar-refractivity contribution in [3.63, 3.8) is 0 Å². The highest BCUT2D eigenvalue weighted by atomic mass is 79.9. The lowest BCUT2D eigenvalue weighted by atomic mass is 10.1. The lowest BCUT2D eigenvalue weighted by Gasteiger charge is -2.13. The number of rotatable bonds is 4. The highest BCUT2D eigenvalue weighted by Crippen LogP contribution is 2.29. The molecule has 2 rings (SSSR count). The average molecular weight is 324 g/mol. The van der Waals surface area contributed by atoms with E-state index in [9.17, 15) is 4.39 Å². The molecule has 2 nitrogen and oxygen atoms in total. The second kappa shape index (κ2) is 6.17. The molecule has 19 heavy (non-hydrogen) atoms. The van der Waals surface area contributed by atoms with E-state index in [4.69, 9.17) is 10.5 Å². The van der Waals surface area contributed by atoms with Gasteiger partial charge in [-0.1, -0.05) is 18.2 Å². The molecule has 4 heteroatoms. The Hall–Kier alpha value is -1.39. The van der Waals surface area contributed by atoms with Crippen molar-refractivity contribution < 1.29 is 9.13 Å². The normalized spacial score (nSPS) is 12.2. The van der Waals surface area contributed by atoms with Crippen LogP contribution in [0.4, 0.5) is 4.39 Å². The topological polar surface area (TPSA) is 35.2 Å². The van der Waals surface area contributed by atoms with Gasteiger partial charge in [-0.05, 0) is 59.1 Å². The fourth-order valence-corrected chi connectivity index (χ4v) is 2.14. The van der Waals surface area contributed by atoms with Crippen molar-refractivity contribution in [1.82, 2.24) is 0 Å². The van der Waals surface area contributed by atoms with Crippen LogP contribution >= 0.6 is 15.9 Å². The van der Waals surface area contributed by atoms with Crippen molar-refractivity contribution in [3.8, 4) is 11.5 Å². The van der Waals surface area contributed by atoms with Gasteiger partial charge in [0.05, 0.1) is 4.47 Å². The second-order valence-corrected chi connectivity index (χ2v) is 5.32. The van der Waals surface area contributed by atoms with Crippen LogP contribution in [0.25, 0.3) is 0 Å². The fraction of sp³-hybridized carbons (Fsp3) is 0.200. The van der Waals surface area contributed by atoms with Crippen LogP contribution in [0.5, 0.6) is 11.5 Å². The van der Waals surface area contributed by atoms with Crippen LogP contribution < -0.4 is 10.5 Å². The van der Waals surface area contributed by atoms with E-state index < -0.39 is 0 Å². The van der Waals surface area contributed by atoms with Crippen molar-refractivity contribution in [2.24, 2.45) is 5.73 Å². The van der Waals surface area contributed by atoms with Crippen LogP contribution in [0, 0.1) is 5.82 Å². The predicted molar refractivity (Wildman–Crippen MR) is 78.0 cm³/mol. The minimum atomic E-state index is -0.309. The van der Waals surface area contributed by atoms with E-state index in [1.54, 1.807) is 12.1 Å². The van der Waals surface area contributed by atoms with Crippen LogP contribution in [-0.4, -0.2) is 6.04 Å². The van der Waals surface area contributed by atoms with E-state index in [0.717, 1.165) is 17.7 Å². The molecule has 2 aromatic rings. The summed E-state index contributed by atoms with van der Waals surface area (Å²) in [5.74, 6) is 1.03. The van der Waals surface area contributed by atoms with Gasteiger partial charge in [-0.3, -0.25) is 0 Å². The van der Waals surface area contributed by atoms with Gasteiger partial charge in [-0.25, -0.2) is 4.39 Å². The van der Waals surface area contributed by atoms with Crippen molar-refractivity contribution in [3.05, 3.63) is 58.3 Å². The summed E-state index contributed by atoms with van der Waals surface area (Å²) in [5.41, 5.74) is 6.86. The third-order valence-corrected chi connectivity index (χ3v) is 3.24. The molecule has 2 aromatic carbocycles. The van der Waals surface area contributed by atoms with E-state index in [1.165, 1.54) is 6.07 Å². The summed E-state index contributed by atoms with van der Waals surface area (Å²) in [5, 5.41) is 0. The quantitative estimate of drug-likeness (QED) is 0.911. The maximum atomic E-state index is 13.2. The maximum absolute atomic E-state index is 13.2. The molecule has 0 saturated carbocycles. The predicted octanol–water partition coefficient (Wildman–Crippen LogP) is 4.27. The van der Waals surface area contributed by atoms with Gasteiger partial charge in [0.2, 0.25) is 0 Å². The molecule has 0 aliphatic carbocycles. The van der Waals surface area contributed by atoms with Crippen LogP contribution in [0.3, 0.4) is 0 Å². The molecule has 0 saturated heterocycles. The van der Waals surface area contributed by atoms with Crippen LogP contribution in [0.2, 0.25) is 0 Å². The fourth-order valence-electron chi connectivity index (χ4n) is 1.79. The van der Waals surface area contributed by atoms with Gasteiger partial charge in [0.15, 0.2) is 0 Å². The molecule has 1 unspecified atom stereocenters. The lowest BCUT2D eigenvalue weighted by molar-refractivity contribution is 0.471. The highest BCUT2D eigenvalue weighted by molar-refractivity contribution is 9.10. The zero-order chi connectivity index (χ0) is 13.8. The minimum absolute atomic E-state index is 0.0599. The molecule has 0 fully saturated rings. The molecule has 0 aliphatic rings. The van der Waals surface area contributed by atoms with Gasteiger partial charge in [0, 0.05) is 6.04 Å². The zero-order valence-electron chi connectivity index (χ0n) is 10.6. The SMILES string of the molecule is CC(N)Cc1ccccc1Oc1ccc(F)c(Br)c1. The molecule has 0 bridgehead atoms. The first-order chi connectivity index (χ1) is 9.06. The Labute approximate surface area is 120 Å². The van der Waals surface area contributed by atoms with Gasteiger partial charge in [0.1, 0.15) is 17.3 Å². The first kappa shape index (κ1) is 14.0. The zero-order valence-corrected chi connectivity index (χ0v) is 12.2. The summed E-state index contributed by atoms with van der Waals surface area (Å²) in [7, 11) is 0. The van der Waals surface area contributed by atoms with E-state index in [-0.39, 0.29) is 11.9 Å². The summed E-state index contributed by atoms with van der Waals surface area (Å²) in [6.45, 7) is 1.95. The monoisotopic (exact) mass is 323 g/mol. The number of para-hydroxylation sites is 1. The summed E-state index contributed by atoms with van der Waals surface area (Å²) in [6, 6.07) is 12.4. The molecule has 0 aromatic heterocycles. The highest BCUT2D eigenvalue weighted by Gasteiger charge is 2.08. The van der Waals surface area contributed by atoms with E-state index in [0.29, 0.717) is 10.2 Å². The smallest absolute Gasteiger partial charge is 0.137 e. The number of nitrogens with two attached hydrogens (primary N) is 1. The molecule has 0 amide bonds. The molecule has 0 heterocycles. The number of benzene rings is 2. The molecule has 100 valence electrons. The van der Waals surface area contributed by atoms with Gasteiger partial charge < -0.3 is 10.5 Å². The summed E-state index contributed by atoms with van der Waals surface area (Å²) >= 11 is 3.14. The second-order valence-electron chi connectivity index (χ2n) is 4.47. The number of halogens is 2. The van der Waals surface area contributed by atoms with Gasteiger partial charge in [-0.15, -0.1) is 0 Å². The number of ether oxygens (including phenoxy) is 1. The number of hydrogen-bond donors (Lipinski definition) is 1. The Morgan fingerprint density at radius 1 is 1.26 bits per heavy atom. The van der Waals surface area contributed by atoms with E-state index in [2.05, 4.69) is 15.9 Å². The Kier molecular flexibility index (Phi) is 4.56. The minimum Gasteiger partial charge on any atom is -0.457 e.